The third kappa shape index (κ3) is 3.31. The highest BCUT2D eigenvalue weighted by Crippen LogP contribution is 2.26. The summed E-state index contributed by atoms with van der Waals surface area (Å²) in [6.07, 6.45) is 0.0685. The Bertz CT molecular complexity index is 299. The number of ether oxygens (including phenoxy) is 2. The molecule has 0 aliphatic heterocycles. The van der Waals surface area contributed by atoms with Gasteiger partial charge >= 0.3 is 0 Å². The fraction of sp³-hybridized carbons (Fsp3) is 0.455. The zero-order chi connectivity index (χ0) is 10.6. The maximum absolute atomic E-state index is 5.67. The van der Waals surface area contributed by atoms with Crippen LogP contribution in [-0.2, 0) is 4.74 Å². The SMILES string of the molecule is COCC(C)Oc1ccc(C)cc1Br. The number of aryl methyl sites for hydroxylation is 1. The van der Waals surface area contributed by atoms with Gasteiger partial charge in [0.05, 0.1) is 11.1 Å². The van der Waals surface area contributed by atoms with Crippen LogP contribution in [0.15, 0.2) is 22.7 Å². The van der Waals surface area contributed by atoms with Crippen LogP contribution in [0.2, 0.25) is 0 Å². The monoisotopic (exact) mass is 258 g/mol. The van der Waals surface area contributed by atoms with Crippen molar-refractivity contribution in [2.75, 3.05) is 13.7 Å². The van der Waals surface area contributed by atoms with Gasteiger partial charge in [-0.3, -0.25) is 0 Å². The Morgan fingerprint density at radius 1 is 1.43 bits per heavy atom. The van der Waals surface area contributed by atoms with Crippen LogP contribution < -0.4 is 4.74 Å². The van der Waals surface area contributed by atoms with Crippen LogP contribution in [0.3, 0.4) is 0 Å². The Labute approximate surface area is 93.4 Å². The second-order valence-electron chi connectivity index (χ2n) is 3.32. The van der Waals surface area contributed by atoms with Crippen molar-refractivity contribution in [3.8, 4) is 5.75 Å². The molecular formula is C11H15BrO2. The van der Waals surface area contributed by atoms with Gasteiger partial charge in [0.15, 0.2) is 0 Å². The van der Waals surface area contributed by atoms with Gasteiger partial charge in [0.2, 0.25) is 0 Å². The van der Waals surface area contributed by atoms with Gasteiger partial charge in [0, 0.05) is 7.11 Å². The number of hydrogen-bond donors (Lipinski definition) is 0. The van der Waals surface area contributed by atoms with Gasteiger partial charge in [-0.15, -0.1) is 0 Å². The molecule has 0 amide bonds. The lowest BCUT2D eigenvalue weighted by Crippen LogP contribution is -2.18. The number of hydrogen-bond acceptors (Lipinski definition) is 2. The van der Waals surface area contributed by atoms with E-state index in [1.165, 1.54) is 5.56 Å². The molecule has 3 heteroatoms. The highest BCUT2D eigenvalue weighted by atomic mass is 79.9. The normalized spacial score (nSPS) is 12.6. The van der Waals surface area contributed by atoms with Crippen molar-refractivity contribution >= 4 is 15.9 Å². The van der Waals surface area contributed by atoms with E-state index in [2.05, 4.69) is 15.9 Å². The van der Waals surface area contributed by atoms with E-state index in [-0.39, 0.29) is 6.10 Å². The van der Waals surface area contributed by atoms with Crippen molar-refractivity contribution in [3.63, 3.8) is 0 Å². The highest BCUT2D eigenvalue weighted by Gasteiger charge is 2.06. The Kier molecular flexibility index (Phi) is 4.42. The molecule has 0 spiro atoms. The van der Waals surface area contributed by atoms with Crippen molar-refractivity contribution in [3.05, 3.63) is 28.2 Å². The molecule has 0 saturated carbocycles. The van der Waals surface area contributed by atoms with Gasteiger partial charge in [-0.05, 0) is 47.5 Å². The summed E-state index contributed by atoms with van der Waals surface area (Å²) in [5.74, 6) is 0.861. The van der Waals surface area contributed by atoms with E-state index in [1.54, 1.807) is 7.11 Å². The predicted molar refractivity (Wildman–Crippen MR) is 60.8 cm³/mol. The molecule has 1 atom stereocenters. The molecule has 0 N–H and O–H groups in total. The van der Waals surface area contributed by atoms with Gasteiger partial charge in [-0.1, -0.05) is 6.07 Å². The maximum atomic E-state index is 5.67. The summed E-state index contributed by atoms with van der Waals surface area (Å²) in [5.41, 5.74) is 1.21. The first kappa shape index (κ1) is 11.5. The van der Waals surface area contributed by atoms with Crippen LogP contribution in [0.25, 0.3) is 0 Å². The third-order valence-electron chi connectivity index (χ3n) is 1.82. The Morgan fingerprint density at radius 2 is 2.14 bits per heavy atom. The summed E-state index contributed by atoms with van der Waals surface area (Å²) in [5, 5.41) is 0. The lowest BCUT2D eigenvalue weighted by Gasteiger charge is -2.15. The minimum absolute atomic E-state index is 0.0685. The lowest BCUT2D eigenvalue weighted by atomic mass is 10.2. The third-order valence-corrected chi connectivity index (χ3v) is 2.44. The molecule has 0 aromatic heterocycles. The van der Waals surface area contributed by atoms with Crippen LogP contribution in [-0.4, -0.2) is 19.8 Å². The average Bonchev–Trinajstić information content (AvgIpc) is 2.10. The lowest BCUT2D eigenvalue weighted by molar-refractivity contribution is 0.0916. The van der Waals surface area contributed by atoms with Crippen LogP contribution in [0.5, 0.6) is 5.75 Å². The first-order valence-electron chi connectivity index (χ1n) is 4.55. The van der Waals surface area contributed by atoms with E-state index < -0.39 is 0 Å². The molecule has 1 aromatic carbocycles. The van der Waals surface area contributed by atoms with Crippen molar-refractivity contribution < 1.29 is 9.47 Å². The van der Waals surface area contributed by atoms with Crippen molar-refractivity contribution in [1.82, 2.24) is 0 Å². The van der Waals surface area contributed by atoms with Crippen LogP contribution >= 0.6 is 15.9 Å². The fourth-order valence-corrected chi connectivity index (χ4v) is 1.77. The van der Waals surface area contributed by atoms with Crippen LogP contribution in [0.4, 0.5) is 0 Å². The molecular weight excluding hydrogens is 244 g/mol. The smallest absolute Gasteiger partial charge is 0.134 e. The average molecular weight is 259 g/mol. The Balaban J connectivity index is 2.67. The number of rotatable bonds is 4. The maximum Gasteiger partial charge on any atom is 0.134 e. The van der Waals surface area contributed by atoms with Crippen molar-refractivity contribution in [2.45, 2.75) is 20.0 Å². The van der Waals surface area contributed by atoms with Crippen LogP contribution in [0, 0.1) is 6.92 Å². The van der Waals surface area contributed by atoms with E-state index in [9.17, 15) is 0 Å². The second-order valence-corrected chi connectivity index (χ2v) is 4.17. The second kappa shape index (κ2) is 5.37. The molecule has 0 radical (unpaired) electrons. The van der Waals surface area contributed by atoms with Crippen molar-refractivity contribution in [1.29, 1.82) is 0 Å². The van der Waals surface area contributed by atoms with E-state index in [0.717, 1.165) is 10.2 Å². The van der Waals surface area contributed by atoms with Gasteiger partial charge in [0.25, 0.3) is 0 Å². The molecule has 0 aliphatic carbocycles. The zero-order valence-corrected chi connectivity index (χ0v) is 10.3. The number of methoxy groups -OCH3 is 1. The van der Waals surface area contributed by atoms with Gasteiger partial charge < -0.3 is 9.47 Å². The molecule has 0 fully saturated rings. The minimum atomic E-state index is 0.0685. The summed E-state index contributed by atoms with van der Waals surface area (Å²) in [4.78, 5) is 0. The van der Waals surface area contributed by atoms with Gasteiger partial charge in [0.1, 0.15) is 11.9 Å². The molecule has 0 bridgehead atoms. The molecule has 1 rings (SSSR count). The molecule has 0 aliphatic rings. The topological polar surface area (TPSA) is 18.5 Å². The Hall–Kier alpha value is -0.540. The molecule has 1 unspecified atom stereocenters. The molecule has 2 nitrogen and oxygen atoms in total. The zero-order valence-electron chi connectivity index (χ0n) is 8.71. The van der Waals surface area contributed by atoms with Crippen molar-refractivity contribution in [2.24, 2.45) is 0 Å². The van der Waals surface area contributed by atoms with Gasteiger partial charge in [-0.25, -0.2) is 0 Å². The number of halogens is 1. The summed E-state index contributed by atoms with van der Waals surface area (Å²) >= 11 is 3.46. The fourth-order valence-electron chi connectivity index (χ4n) is 1.19. The van der Waals surface area contributed by atoms with E-state index in [1.807, 2.05) is 32.0 Å². The predicted octanol–water partition coefficient (Wildman–Crippen LogP) is 3.17. The highest BCUT2D eigenvalue weighted by molar-refractivity contribution is 9.10. The molecule has 78 valence electrons. The van der Waals surface area contributed by atoms with E-state index >= 15 is 0 Å². The largest absolute Gasteiger partial charge is 0.487 e. The minimum Gasteiger partial charge on any atom is -0.487 e. The number of benzene rings is 1. The molecule has 0 heterocycles. The van der Waals surface area contributed by atoms with Gasteiger partial charge in [-0.2, -0.15) is 0 Å². The van der Waals surface area contributed by atoms with E-state index in [0.29, 0.717) is 6.61 Å². The molecule has 14 heavy (non-hydrogen) atoms. The first-order chi connectivity index (χ1) is 6.63. The molecule has 0 saturated heterocycles. The van der Waals surface area contributed by atoms with Crippen LogP contribution in [0.1, 0.15) is 12.5 Å². The summed E-state index contributed by atoms with van der Waals surface area (Å²) in [6, 6.07) is 6.03. The first-order valence-corrected chi connectivity index (χ1v) is 5.34. The summed E-state index contributed by atoms with van der Waals surface area (Å²) in [6.45, 7) is 4.63. The standard InChI is InChI=1S/C11H15BrO2/c1-8-4-5-11(10(12)6-8)14-9(2)7-13-3/h4-6,9H,7H2,1-3H3. The Morgan fingerprint density at radius 3 is 2.71 bits per heavy atom. The molecule has 1 aromatic rings. The van der Waals surface area contributed by atoms with E-state index in [4.69, 9.17) is 9.47 Å². The quantitative estimate of drug-likeness (QED) is 0.826. The summed E-state index contributed by atoms with van der Waals surface area (Å²) in [7, 11) is 1.67. The summed E-state index contributed by atoms with van der Waals surface area (Å²) < 4.78 is 11.7.